The summed E-state index contributed by atoms with van der Waals surface area (Å²) in [6, 6.07) is 25.0. The summed E-state index contributed by atoms with van der Waals surface area (Å²) in [7, 11) is 0. The van der Waals surface area contributed by atoms with Gasteiger partial charge in [0, 0.05) is 11.1 Å². The quantitative estimate of drug-likeness (QED) is 0.158. The fourth-order valence-electron chi connectivity index (χ4n) is 5.61. The molecular weight excluding hydrogens is 561 g/mol. The zero-order chi connectivity index (χ0) is 30.9. The van der Waals surface area contributed by atoms with Crippen molar-refractivity contribution in [1.29, 1.82) is 0 Å². The topological polar surface area (TPSA) is 52.1 Å². The molecular formula is C37H35F3N2O2. The van der Waals surface area contributed by atoms with Gasteiger partial charge in [-0.25, -0.2) is 9.97 Å². The first-order valence-electron chi connectivity index (χ1n) is 15.3. The number of oxazole rings is 2. The van der Waals surface area contributed by atoms with Crippen molar-refractivity contribution in [3.63, 3.8) is 0 Å². The summed E-state index contributed by atoms with van der Waals surface area (Å²) in [5.41, 5.74) is 3.43. The molecule has 0 bridgehead atoms. The molecule has 0 spiro atoms. The van der Waals surface area contributed by atoms with Gasteiger partial charge in [0.25, 0.3) is 0 Å². The van der Waals surface area contributed by atoms with Gasteiger partial charge in [-0.2, -0.15) is 13.2 Å². The van der Waals surface area contributed by atoms with Gasteiger partial charge in [-0.3, -0.25) is 0 Å². The van der Waals surface area contributed by atoms with Gasteiger partial charge in [0.15, 0.2) is 11.2 Å². The van der Waals surface area contributed by atoms with E-state index in [0.717, 1.165) is 49.7 Å². The Labute approximate surface area is 255 Å². The molecule has 7 heteroatoms. The highest BCUT2D eigenvalue weighted by atomic mass is 19.4. The van der Waals surface area contributed by atoms with E-state index >= 15 is 0 Å². The second-order valence-electron chi connectivity index (χ2n) is 11.6. The molecule has 0 atom stereocenters. The van der Waals surface area contributed by atoms with Gasteiger partial charge >= 0.3 is 6.18 Å². The fraction of sp³-hybridized carbons (Fsp3) is 0.297. The number of hydrogen-bond acceptors (Lipinski definition) is 4. The van der Waals surface area contributed by atoms with E-state index in [2.05, 4.69) is 23.8 Å². The zero-order valence-electron chi connectivity index (χ0n) is 25.2. The van der Waals surface area contributed by atoms with Crippen LogP contribution in [-0.4, -0.2) is 16.1 Å². The molecule has 0 N–H and O–H groups in total. The number of hydrogen-bond donors (Lipinski definition) is 0. The predicted octanol–water partition coefficient (Wildman–Crippen LogP) is 10.9. The van der Waals surface area contributed by atoms with Crippen molar-refractivity contribution < 1.29 is 22.0 Å². The van der Waals surface area contributed by atoms with E-state index in [1.54, 1.807) is 12.1 Å². The van der Waals surface area contributed by atoms with Crippen molar-refractivity contribution in [2.24, 2.45) is 0 Å². The number of aryl methyl sites for hydroxylation is 2. The molecule has 0 fully saturated rings. The molecule has 0 aliphatic rings. The van der Waals surface area contributed by atoms with Crippen molar-refractivity contribution in [1.82, 2.24) is 9.97 Å². The van der Waals surface area contributed by atoms with Gasteiger partial charge in [-0.15, -0.1) is 0 Å². The van der Waals surface area contributed by atoms with Crippen LogP contribution in [-0.2, 0) is 18.3 Å². The van der Waals surface area contributed by atoms with Gasteiger partial charge in [-0.1, -0.05) is 63.1 Å². The minimum absolute atomic E-state index is 0.0676. The molecule has 0 aliphatic heterocycles. The van der Waals surface area contributed by atoms with Crippen LogP contribution in [0.25, 0.3) is 45.1 Å². The molecule has 6 rings (SSSR count). The Morgan fingerprint density at radius 1 is 0.591 bits per heavy atom. The van der Waals surface area contributed by atoms with E-state index < -0.39 is 11.6 Å². The smallest absolute Gasteiger partial charge is 0.402 e. The van der Waals surface area contributed by atoms with Crippen LogP contribution in [0.4, 0.5) is 13.2 Å². The van der Waals surface area contributed by atoms with Gasteiger partial charge < -0.3 is 8.83 Å². The van der Waals surface area contributed by atoms with Crippen molar-refractivity contribution >= 4 is 22.2 Å². The fourth-order valence-corrected chi connectivity index (χ4v) is 5.61. The number of rotatable bonds is 10. The SMILES string of the molecule is CCCCc1ccc(-c2nc3cc(C(C)(c4ccc5oc(-c6ccc(CCCC)cc6)nc5c4)C(F)(F)F)ccc3o2)cc1. The minimum atomic E-state index is -4.60. The lowest BCUT2D eigenvalue weighted by atomic mass is 9.75. The molecule has 6 aromatic rings. The van der Waals surface area contributed by atoms with E-state index in [0.29, 0.717) is 34.0 Å². The highest BCUT2D eigenvalue weighted by Crippen LogP contribution is 2.47. The average molecular weight is 597 g/mol. The standard InChI is InChI=1S/C37H35F3N2O2/c1-4-6-8-24-10-14-26(15-11-24)34-41-30-22-28(18-20-32(30)43-34)36(3,37(38,39)40)29-19-21-33-31(23-29)42-35(44-33)27-16-12-25(13-17-27)9-7-5-2/h10-23H,4-9H2,1-3H3. The Kier molecular flexibility index (Phi) is 8.06. The highest BCUT2D eigenvalue weighted by molar-refractivity contribution is 5.80. The third kappa shape index (κ3) is 5.63. The van der Waals surface area contributed by atoms with Crippen LogP contribution in [0.2, 0.25) is 0 Å². The molecule has 0 saturated carbocycles. The molecule has 0 aliphatic carbocycles. The molecule has 0 saturated heterocycles. The summed E-state index contributed by atoms with van der Waals surface area (Å²) in [5.74, 6) is 0.755. The first-order valence-corrected chi connectivity index (χ1v) is 15.3. The summed E-state index contributed by atoms with van der Waals surface area (Å²) in [6.45, 7) is 5.51. The number of nitrogens with zero attached hydrogens (tertiary/aromatic N) is 2. The molecule has 226 valence electrons. The Balaban J connectivity index is 1.33. The third-order valence-corrected chi connectivity index (χ3v) is 8.54. The van der Waals surface area contributed by atoms with Crippen LogP contribution in [0, 0.1) is 0 Å². The Bertz CT molecular complexity index is 1750. The lowest BCUT2D eigenvalue weighted by molar-refractivity contribution is -0.173. The van der Waals surface area contributed by atoms with E-state index in [9.17, 15) is 13.2 Å². The molecule has 4 nitrogen and oxygen atoms in total. The lowest BCUT2D eigenvalue weighted by Gasteiger charge is -2.33. The third-order valence-electron chi connectivity index (χ3n) is 8.54. The molecule has 2 aromatic heterocycles. The average Bonchev–Trinajstić information content (AvgIpc) is 3.66. The van der Waals surface area contributed by atoms with Gasteiger partial charge in [0.2, 0.25) is 11.8 Å². The van der Waals surface area contributed by atoms with Gasteiger partial charge in [0.05, 0.1) is 0 Å². The number of halogens is 3. The van der Waals surface area contributed by atoms with Crippen molar-refractivity contribution in [2.45, 2.75) is 70.9 Å². The number of alkyl halides is 3. The first-order chi connectivity index (χ1) is 21.2. The predicted molar refractivity (Wildman–Crippen MR) is 169 cm³/mol. The van der Waals surface area contributed by atoms with Crippen LogP contribution in [0.3, 0.4) is 0 Å². The first kappa shape index (κ1) is 29.7. The lowest BCUT2D eigenvalue weighted by Crippen LogP contribution is -2.40. The van der Waals surface area contributed by atoms with E-state index in [1.165, 1.54) is 42.3 Å². The minimum Gasteiger partial charge on any atom is -0.436 e. The van der Waals surface area contributed by atoms with Crippen LogP contribution < -0.4 is 0 Å². The Morgan fingerprint density at radius 3 is 1.36 bits per heavy atom. The maximum Gasteiger partial charge on any atom is 0.402 e. The number of unbranched alkanes of at least 4 members (excludes halogenated alkanes) is 2. The summed E-state index contributed by atoms with van der Waals surface area (Å²) in [4.78, 5) is 9.15. The second kappa shape index (κ2) is 11.9. The molecule has 44 heavy (non-hydrogen) atoms. The van der Waals surface area contributed by atoms with Crippen molar-refractivity contribution in [3.8, 4) is 22.9 Å². The monoisotopic (exact) mass is 596 g/mol. The molecule has 0 amide bonds. The summed E-state index contributed by atoms with van der Waals surface area (Å²) in [6.07, 6.45) is 1.85. The highest BCUT2D eigenvalue weighted by Gasteiger charge is 2.53. The summed E-state index contributed by atoms with van der Waals surface area (Å²) in [5, 5.41) is 0. The van der Waals surface area contributed by atoms with Crippen LogP contribution in [0.15, 0.2) is 93.8 Å². The summed E-state index contributed by atoms with van der Waals surface area (Å²) >= 11 is 0. The Hall–Kier alpha value is -4.39. The van der Waals surface area contributed by atoms with E-state index in [-0.39, 0.29) is 11.1 Å². The number of fused-ring (bicyclic) bond motifs is 2. The maximum atomic E-state index is 15.0. The van der Waals surface area contributed by atoms with Crippen LogP contribution >= 0.6 is 0 Å². The largest absolute Gasteiger partial charge is 0.436 e. The normalized spacial score (nSPS) is 12.4. The summed E-state index contributed by atoms with van der Waals surface area (Å²) < 4.78 is 56.8. The zero-order valence-corrected chi connectivity index (χ0v) is 25.2. The number of aromatic nitrogens is 2. The van der Waals surface area contributed by atoms with Gasteiger partial charge in [-0.05, 0) is 103 Å². The molecule has 0 unspecified atom stereocenters. The Morgan fingerprint density at radius 2 is 1.00 bits per heavy atom. The number of benzene rings is 4. The van der Waals surface area contributed by atoms with Crippen molar-refractivity contribution in [3.05, 3.63) is 107 Å². The molecule has 4 aromatic carbocycles. The van der Waals surface area contributed by atoms with Crippen molar-refractivity contribution in [2.75, 3.05) is 0 Å². The van der Waals surface area contributed by atoms with E-state index in [1.807, 2.05) is 48.5 Å². The van der Waals surface area contributed by atoms with Crippen LogP contribution in [0.5, 0.6) is 0 Å². The van der Waals surface area contributed by atoms with Crippen LogP contribution in [0.1, 0.15) is 68.7 Å². The maximum absolute atomic E-state index is 15.0. The second-order valence-corrected chi connectivity index (χ2v) is 11.6. The van der Waals surface area contributed by atoms with E-state index in [4.69, 9.17) is 8.83 Å². The van der Waals surface area contributed by atoms with Gasteiger partial charge in [0.1, 0.15) is 16.4 Å². The molecule has 2 heterocycles. The molecule has 0 radical (unpaired) electrons.